The first-order valence-electron chi connectivity index (χ1n) is 8.74. The first-order chi connectivity index (χ1) is 11.1. The molecule has 1 heterocycles. The maximum atomic E-state index is 12.1. The van der Waals surface area contributed by atoms with Gasteiger partial charge in [0.15, 0.2) is 0 Å². The number of halogens is 1. The number of amides is 1. The molecule has 4 nitrogen and oxygen atoms in total. The Morgan fingerprint density at radius 2 is 1.92 bits per heavy atom. The van der Waals surface area contributed by atoms with Gasteiger partial charge in [0.25, 0.3) is 0 Å². The maximum Gasteiger partial charge on any atom is 0.220 e. The van der Waals surface area contributed by atoms with Crippen LogP contribution in [-0.2, 0) is 4.79 Å². The fourth-order valence-electron chi connectivity index (χ4n) is 3.31. The van der Waals surface area contributed by atoms with Crippen molar-refractivity contribution in [2.75, 3.05) is 26.2 Å². The molecule has 0 saturated carbocycles. The van der Waals surface area contributed by atoms with Crippen molar-refractivity contribution >= 4 is 18.3 Å². The van der Waals surface area contributed by atoms with Crippen LogP contribution in [0.5, 0.6) is 5.75 Å². The maximum absolute atomic E-state index is 12.1. The van der Waals surface area contributed by atoms with Gasteiger partial charge in [0.05, 0.1) is 6.54 Å². The predicted octanol–water partition coefficient (Wildman–Crippen LogP) is 3.25. The summed E-state index contributed by atoms with van der Waals surface area (Å²) in [4.78, 5) is 12.1. The number of benzene rings is 1. The minimum Gasteiger partial charge on any atom is -0.491 e. The molecule has 5 heteroatoms. The van der Waals surface area contributed by atoms with Crippen molar-refractivity contribution < 1.29 is 9.53 Å². The summed E-state index contributed by atoms with van der Waals surface area (Å²) in [5.74, 6) is 2.20. The number of rotatable bonds is 7. The van der Waals surface area contributed by atoms with E-state index in [2.05, 4.69) is 17.6 Å². The van der Waals surface area contributed by atoms with Crippen LogP contribution in [0.1, 0.15) is 37.3 Å². The predicted molar refractivity (Wildman–Crippen MR) is 101 cm³/mol. The van der Waals surface area contributed by atoms with Gasteiger partial charge in [0, 0.05) is 6.42 Å². The number of ether oxygens (including phenoxy) is 1. The van der Waals surface area contributed by atoms with Gasteiger partial charge in [-0.05, 0) is 62.7 Å². The number of hydrogen-bond donors (Lipinski definition) is 2. The topological polar surface area (TPSA) is 50.4 Å². The molecule has 1 fully saturated rings. The number of aryl methyl sites for hydroxylation is 2. The lowest BCUT2D eigenvalue weighted by atomic mass is 9.84. The van der Waals surface area contributed by atoms with E-state index in [9.17, 15) is 4.79 Å². The second-order valence-electron chi connectivity index (χ2n) is 6.69. The number of para-hydroxylation sites is 1. The molecule has 1 aliphatic rings. The van der Waals surface area contributed by atoms with Crippen LogP contribution in [0.25, 0.3) is 0 Å². The van der Waals surface area contributed by atoms with Crippen molar-refractivity contribution in [3.63, 3.8) is 0 Å². The zero-order valence-corrected chi connectivity index (χ0v) is 15.9. The van der Waals surface area contributed by atoms with Gasteiger partial charge in [0.1, 0.15) is 12.4 Å². The fourth-order valence-corrected chi connectivity index (χ4v) is 3.31. The van der Waals surface area contributed by atoms with E-state index >= 15 is 0 Å². The van der Waals surface area contributed by atoms with E-state index in [-0.39, 0.29) is 18.3 Å². The molecule has 0 spiro atoms. The second kappa shape index (κ2) is 10.6. The summed E-state index contributed by atoms with van der Waals surface area (Å²) in [5, 5.41) is 6.35. The largest absolute Gasteiger partial charge is 0.491 e. The summed E-state index contributed by atoms with van der Waals surface area (Å²) in [6, 6.07) is 6.12. The highest BCUT2D eigenvalue weighted by Gasteiger charge is 2.21. The molecule has 1 saturated heterocycles. The molecule has 1 aromatic carbocycles. The highest BCUT2D eigenvalue weighted by Crippen LogP contribution is 2.24. The fraction of sp³-hybridized carbons (Fsp3) is 0.632. The Morgan fingerprint density at radius 3 is 2.54 bits per heavy atom. The van der Waals surface area contributed by atoms with Crippen molar-refractivity contribution in [3.8, 4) is 5.75 Å². The van der Waals surface area contributed by atoms with Gasteiger partial charge in [-0.25, -0.2) is 0 Å². The first kappa shape index (κ1) is 20.8. The third-order valence-electron chi connectivity index (χ3n) is 4.78. The van der Waals surface area contributed by atoms with Crippen LogP contribution < -0.4 is 15.4 Å². The van der Waals surface area contributed by atoms with E-state index in [1.165, 1.54) is 12.8 Å². The van der Waals surface area contributed by atoms with Crippen molar-refractivity contribution in [1.29, 1.82) is 0 Å². The number of carbonyl (C=O) groups excluding carboxylic acids is 1. The normalized spacial score (nSPS) is 16.1. The van der Waals surface area contributed by atoms with Gasteiger partial charge in [0.2, 0.25) is 5.91 Å². The van der Waals surface area contributed by atoms with Crippen LogP contribution in [0.2, 0.25) is 0 Å². The number of carbonyl (C=O) groups is 1. The molecule has 1 amide bonds. The summed E-state index contributed by atoms with van der Waals surface area (Å²) in [7, 11) is 0. The summed E-state index contributed by atoms with van der Waals surface area (Å²) in [6.07, 6.45) is 2.99. The van der Waals surface area contributed by atoms with Crippen molar-refractivity contribution in [1.82, 2.24) is 10.6 Å². The van der Waals surface area contributed by atoms with Gasteiger partial charge >= 0.3 is 0 Å². The Labute approximate surface area is 152 Å². The quantitative estimate of drug-likeness (QED) is 0.739. The molecule has 1 atom stereocenters. The molecular formula is C19H31ClN2O2. The van der Waals surface area contributed by atoms with Crippen LogP contribution in [0, 0.1) is 25.7 Å². The molecule has 1 aliphatic heterocycles. The molecule has 0 aromatic heterocycles. The van der Waals surface area contributed by atoms with E-state index in [1.54, 1.807) is 0 Å². The first-order valence-corrected chi connectivity index (χ1v) is 8.74. The Kier molecular flexibility index (Phi) is 9.16. The summed E-state index contributed by atoms with van der Waals surface area (Å²) < 4.78 is 5.82. The number of piperidine rings is 1. The highest BCUT2D eigenvalue weighted by atomic mass is 35.5. The Bertz CT molecular complexity index is 496. The molecule has 2 rings (SSSR count). The lowest BCUT2D eigenvalue weighted by molar-refractivity contribution is -0.122. The van der Waals surface area contributed by atoms with Gasteiger partial charge in [-0.2, -0.15) is 0 Å². The van der Waals surface area contributed by atoms with Gasteiger partial charge in [-0.15, -0.1) is 12.4 Å². The monoisotopic (exact) mass is 354 g/mol. The van der Waals surface area contributed by atoms with E-state index in [4.69, 9.17) is 4.74 Å². The Morgan fingerprint density at radius 1 is 1.29 bits per heavy atom. The standard InChI is InChI=1S/C19H30N2O2.ClH/c1-14-5-4-6-15(2)19(14)23-12-11-21-18(22)13-16(3)17-7-9-20-10-8-17;/h4-6,16-17,20H,7-13H2,1-3H3,(H,21,22);1H. The van der Waals surface area contributed by atoms with Gasteiger partial charge in [-0.3, -0.25) is 4.79 Å². The third-order valence-corrected chi connectivity index (χ3v) is 4.78. The summed E-state index contributed by atoms with van der Waals surface area (Å²) in [6.45, 7) is 9.53. The van der Waals surface area contributed by atoms with Crippen molar-refractivity contribution in [2.24, 2.45) is 11.8 Å². The lowest BCUT2D eigenvalue weighted by Gasteiger charge is -2.27. The number of nitrogens with one attached hydrogen (secondary N) is 2. The van der Waals surface area contributed by atoms with Gasteiger partial charge < -0.3 is 15.4 Å². The molecule has 0 bridgehead atoms. The van der Waals surface area contributed by atoms with E-state index in [0.29, 0.717) is 31.4 Å². The summed E-state index contributed by atoms with van der Waals surface area (Å²) in [5.41, 5.74) is 2.27. The van der Waals surface area contributed by atoms with Crippen molar-refractivity contribution in [2.45, 2.75) is 40.0 Å². The van der Waals surface area contributed by atoms with E-state index in [1.807, 2.05) is 32.0 Å². The zero-order valence-electron chi connectivity index (χ0n) is 15.1. The lowest BCUT2D eigenvalue weighted by Crippen LogP contribution is -2.34. The zero-order chi connectivity index (χ0) is 16.7. The summed E-state index contributed by atoms with van der Waals surface area (Å²) >= 11 is 0. The van der Waals surface area contributed by atoms with Crippen LogP contribution in [0.3, 0.4) is 0 Å². The average molecular weight is 355 g/mol. The molecule has 1 aromatic rings. The van der Waals surface area contributed by atoms with Crippen molar-refractivity contribution in [3.05, 3.63) is 29.3 Å². The molecule has 0 aliphatic carbocycles. The molecule has 24 heavy (non-hydrogen) atoms. The average Bonchev–Trinajstić information content (AvgIpc) is 2.54. The number of hydrogen-bond acceptors (Lipinski definition) is 3. The van der Waals surface area contributed by atoms with Crippen LogP contribution >= 0.6 is 12.4 Å². The van der Waals surface area contributed by atoms with E-state index in [0.717, 1.165) is 30.0 Å². The Balaban J connectivity index is 0.00000288. The third kappa shape index (κ3) is 6.33. The second-order valence-corrected chi connectivity index (χ2v) is 6.69. The highest BCUT2D eigenvalue weighted by molar-refractivity contribution is 5.85. The Hall–Kier alpha value is -1.26. The smallest absolute Gasteiger partial charge is 0.220 e. The minimum atomic E-state index is 0. The molecule has 136 valence electrons. The molecular weight excluding hydrogens is 324 g/mol. The van der Waals surface area contributed by atoms with Crippen LogP contribution in [-0.4, -0.2) is 32.1 Å². The minimum absolute atomic E-state index is 0. The van der Waals surface area contributed by atoms with Crippen LogP contribution in [0.4, 0.5) is 0 Å². The molecule has 2 N–H and O–H groups in total. The molecule has 0 radical (unpaired) electrons. The van der Waals surface area contributed by atoms with Gasteiger partial charge in [-0.1, -0.05) is 25.1 Å². The van der Waals surface area contributed by atoms with Crippen LogP contribution in [0.15, 0.2) is 18.2 Å². The SMILES string of the molecule is Cc1cccc(C)c1OCCNC(=O)CC(C)C1CCNCC1.Cl. The van der Waals surface area contributed by atoms with E-state index < -0.39 is 0 Å². The molecule has 1 unspecified atom stereocenters.